The van der Waals surface area contributed by atoms with Crippen molar-refractivity contribution in [2.75, 3.05) is 0 Å². The fraction of sp³-hybridized carbons (Fsp3) is 0.600. The van der Waals surface area contributed by atoms with E-state index in [9.17, 15) is 12.8 Å². The predicted octanol–water partition coefficient (Wildman–Crippen LogP) is 2.53. The van der Waals surface area contributed by atoms with Crippen LogP contribution in [0.4, 0.5) is 4.39 Å². The molecule has 0 radical (unpaired) electrons. The smallest absolute Gasteiger partial charge is 0.241 e. The summed E-state index contributed by atoms with van der Waals surface area (Å²) in [7, 11) is -3.73. The second kappa shape index (κ2) is 6.02. The van der Waals surface area contributed by atoms with Crippen LogP contribution in [0.2, 0.25) is 0 Å². The van der Waals surface area contributed by atoms with Crippen LogP contribution in [0.25, 0.3) is 0 Å². The lowest BCUT2D eigenvalue weighted by molar-refractivity contribution is 0.218. The Balaban J connectivity index is 2.18. The number of rotatable bonds is 4. The van der Waals surface area contributed by atoms with Crippen LogP contribution in [0.5, 0.6) is 0 Å². The Bertz CT molecular complexity index is 604. The number of nitrogens with one attached hydrogen (secondary N) is 1. The van der Waals surface area contributed by atoms with E-state index in [2.05, 4.69) is 18.6 Å². The number of nitrogens with two attached hydrogens (primary N) is 1. The first-order valence-electron chi connectivity index (χ1n) is 7.24. The summed E-state index contributed by atoms with van der Waals surface area (Å²) < 4.78 is 41.0. The molecule has 1 aliphatic rings. The highest BCUT2D eigenvalue weighted by atomic mass is 32.2. The van der Waals surface area contributed by atoms with Gasteiger partial charge in [0.05, 0.1) is 4.90 Å². The van der Waals surface area contributed by atoms with E-state index in [1.165, 1.54) is 12.1 Å². The van der Waals surface area contributed by atoms with Crippen molar-refractivity contribution in [1.29, 1.82) is 0 Å². The molecule has 0 bridgehead atoms. The monoisotopic (exact) mass is 314 g/mol. The predicted molar refractivity (Wildman–Crippen MR) is 80.6 cm³/mol. The third kappa shape index (κ3) is 4.02. The molecule has 0 spiro atoms. The molecule has 1 aromatic carbocycles. The average molecular weight is 314 g/mol. The third-order valence-electron chi connectivity index (χ3n) is 4.20. The zero-order valence-corrected chi connectivity index (χ0v) is 13.3. The Labute approximate surface area is 126 Å². The normalized spacial score (nSPS) is 19.6. The molecule has 0 heterocycles. The molecule has 0 atom stereocenters. The van der Waals surface area contributed by atoms with Gasteiger partial charge in [-0.1, -0.05) is 19.9 Å². The van der Waals surface area contributed by atoms with Gasteiger partial charge in [0.2, 0.25) is 10.0 Å². The number of hydrogen-bond acceptors (Lipinski definition) is 3. The molecular weight excluding hydrogens is 291 g/mol. The van der Waals surface area contributed by atoms with Crippen LogP contribution >= 0.6 is 0 Å². The highest BCUT2D eigenvalue weighted by molar-refractivity contribution is 7.89. The van der Waals surface area contributed by atoms with E-state index in [4.69, 9.17) is 5.73 Å². The first-order valence-corrected chi connectivity index (χ1v) is 8.73. The van der Waals surface area contributed by atoms with E-state index >= 15 is 0 Å². The fourth-order valence-corrected chi connectivity index (χ4v) is 4.31. The van der Waals surface area contributed by atoms with Crippen LogP contribution in [-0.4, -0.2) is 14.5 Å². The zero-order chi connectivity index (χ0) is 15.7. The van der Waals surface area contributed by atoms with E-state index in [0.29, 0.717) is 5.56 Å². The first kappa shape index (κ1) is 16.4. The van der Waals surface area contributed by atoms with Gasteiger partial charge in [0, 0.05) is 12.6 Å². The standard InChI is InChI=1S/C15H23FN2O2S/c1-15(2)7-5-13(6-8-15)18-21(19,20)14-9-12(16)4-3-11(14)10-17/h3-4,9,13,18H,5-8,10,17H2,1-2H3. The maximum Gasteiger partial charge on any atom is 0.241 e. The van der Waals surface area contributed by atoms with E-state index in [0.717, 1.165) is 31.7 Å². The van der Waals surface area contributed by atoms with Crippen molar-refractivity contribution in [2.45, 2.75) is 57.0 Å². The van der Waals surface area contributed by atoms with Gasteiger partial charge >= 0.3 is 0 Å². The van der Waals surface area contributed by atoms with Crippen LogP contribution < -0.4 is 10.5 Å². The van der Waals surface area contributed by atoms with E-state index in [1.54, 1.807) is 0 Å². The van der Waals surface area contributed by atoms with Gasteiger partial charge in [-0.2, -0.15) is 0 Å². The van der Waals surface area contributed by atoms with Crippen molar-refractivity contribution >= 4 is 10.0 Å². The Morgan fingerprint density at radius 2 is 1.95 bits per heavy atom. The second-order valence-electron chi connectivity index (χ2n) is 6.52. The zero-order valence-electron chi connectivity index (χ0n) is 12.5. The van der Waals surface area contributed by atoms with Crippen molar-refractivity contribution in [1.82, 2.24) is 4.72 Å². The molecule has 6 heteroatoms. The summed E-state index contributed by atoms with van der Waals surface area (Å²) in [6, 6.07) is 3.60. The molecule has 1 saturated carbocycles. The lowest BCUT2D eigenvalue weighted by Crippen LogP contribution is -2.39. The van der Waals surface area contributed by atoms with Gasteiger partial charge in [0.1, 0.15) is 5.82 Å². The van der Waals surface area contributed by atoms with Crippen molar-refractivity contribution in [2.24, 2.45) is 11.1 Å². The van der Waals surface area contributed by atoms with E-state index in [1.807, 2.05) is 0 Å². The van der Waals surface area contributed by atoms with Gasteiger partial charge in [0.15, 0.2) is 0 Å². The molecule has 21 heavy (non-hydrogen) atoms. The average Bonchev–Trinajstić information content (AvgIpc) is 2.41. The molecule has 1 aromatic rings. The summed E-state index contributed by atoms with van der Waals surface area (Å²) in [6.07, 6.45) is 3.57. The fourth-order valence-electron chi connectivity index (χ4n) is 2.75. The van der Waals surface area contributed by atoms with Gasteiger partial charge in [-0.05, 0) is 48.8 Å². The third-order valence-corrected chi connectivity index (χ3v) is 5.80. The van der Waals surface area contributed by atoms with E-state index < -0.39 is 15.8 Å². The Morgan fingerprint density at radius 1 is 1.33 bits per heavy atom. The molecular formula is C15H23FN2O2S. The van der Waals surface area contributed by atoms with Crippen molar-refractivity contribution < 1.29 is 12.8 Å². The Kier molecular flexibility index (Phi) is 4.70. The SMILES string of the molecule is CC1(C)CCC(NS(=O)(=O)c2cc(F)ccc2CN)CC1. The molecule has 3 N–H and O–H groups in total. The van der Waals surface area contributed by atoms with Crippen molar-refractivity contribution in [3.8, 4) is 0 Å². The number of hydrogen-bond donors (Lipinski definition) is 2. The summed E-state index contributed by atoms with van der Waals surface area (Å²) in [6.45, 7) is 4.45. The van der Waals surface area contributed by atoms with Gasteiger partial charge in [-0.15, -0.1) is 0 Å². The quantitative estimate of drug-likeness (QED) is 0.897. The molecule has 2 rings (SSSR count). The molecule has 0 saturated heterocycles. The number of halogens is 1. The molecule has 0 amide bonds. The maximum absolute atomic E-state index is 13.4. The summed E-state index contributed by atoms with van der Waals surface area (Å²) in [5.41, 5.74) is 6.25. The molecule has 1 fully saturated rings. The minimum absolute atomic E-state index is 0.0465. The summed E-state index contributed by atoms with van der Waals surface area (Å²) in [5, 5.41) is 0. The largest absolute Gasteiger partial charge is 0.326 e. The highest BCUT2D eigenvalue weighted by Crippen LogP contribution is 2.35. The Morgan fingerprint density at radius 3 is 2.52 bits per heavy atom. The van der Waals surface area contributed by atoms with Gasteiger partial charge < -0.3 is 5.73 Å². The minimum atomic E-state index is -3.73. The lowest BCUT2D eigenvalue weighted by Gasteiger charge is -2.34. The van der Waals surface area contributed by atoms with E-state index in [-0.39, 0.29) is 22.9 Å². The molecule has 0 unspecified atom stereocenters. The molecule has 4 nitrogen and oxygen atoms in total. The molecule has 1 aliphatic carbocycles. The summed E-state index contributed by atoms with van der Waals surface area (Å²) in [5.74, 6) is -0.572. The van der Waals surface area contributed by atoms with Crippen LogP contribution in [0.1, 0.15) is 45.1 Å². The van der Waals surface area contributed by atoms with Crippen LogP contribution in [-0.2, 0) is 16.6 Å². The Hall–Kier alpha value is -0.980. The number of sulfonamides is 1. The summed E-state index contributed by atoms with van der Waals surface area (Å²) >= 11 is 0. The maximum atomic E-state index is 13.4. The molecule has 0 aliphatic heterocycles. The minimum Gasteiger partial charge on any atom is -0.326 e. The topological polar surface area (TPSA) is 72.2 Å². The summed E-state index contributed by atoms with van der Waals surface area (Å²) in [4.78, 5) is -0.0465. The van der Waals surface area contributed by atoms with Gasteiger partial charge in [-0.25, -0.2) is 17.5 Å². The number of benzene rings is 1. The van der Waals surface area contributed by atoms with Gasteiger partial charge in [0.25, 0.3) is 0 Å². The van der Waals surface area contributed by atoms with Gasteiger partial charge in [-0.3, -0.25) is 0 Å². The molecule has 0 aromatic heterocycles. The second-order valence-corrected chi connectivity index (χ2v) is 8.20. The molecule has 118 valence electrons. The van der Waals surface area contributed by atoms with Crippen LogP contribution in [0.3, 0.4) is 0 Å². The first-order chi connectivity index (χ1) is 9.73. The van der Waals surface area contributed by atoms with Crippen molar-refractivity contribution in [3.05, 3.63) is 29.6 Å². The van der Waals surface area contributed by atoms with Crippen LogP contribution in [0, 0.1) is 11.2 Å². The lowest BCUT2D eigenvalue weighted by atomic mass is 9.76. The highest BCUT2D eigenvalue weighted by Gasteiger charge is 2.30. The van der Waals surface area contributed by atoms with Crippen molar-refractivity contribution in [3.63, 3.8) is 0 Å². The van der Waals surface area contributed by atoms with Crippen LogP contribution in [0.15, 0.2) is 23.1 Å².